The predicted octanol–water partition coefficient (Wildman–Crippen LogP) is 8.27. The lowest BCUT2D eigenvalue weighted by molar-refractivity contribution is -0.0975. The van der Waals surface area contributed by atoms with E-state index in [0.717, 1.165) is 35.5 Å². The molecule has 0 amide bonds. The highest BCUT2D eigenvalue weighted by Gasteiger charge is 2.61. The van der Waals surface area contributed by atoms with Gasteiger partial charge in [-0.1, -0.05) is 53.2 Å². The average Bonchev–Trinajstić information content (AvgIpc) is 3.27. The van der Waals surface area contributed by atoms with E-state index in [9.17, 15) is 5.11 Å². The highest BCUT2D eigenvalue weighted by Crippen LogP contribution is 2.69. The van der Waals surface area contributed by atoms with Crippen LogP contribution in [0, 0.1) is 58.2 Å². The third-order valence-corrected chi connectivity index (χ3v) is 11.7. The van der Waals surface area contributed by atoms with Crippen LogP contribution in [0.5, 0.6) is 0 Å². The van der Waals surface area contributed by atoms with Gasteiger partial charge < -0.3 is 5.11 Å². The molecule has 9 atom stereocenters. The first-order valence-electron chi connectivity index (χ1n) is 14.1. The third-order valence-electron chi connectivity index (χ3n) is 11.7. The summed E-state index contributed by atoms with van der Waals surface area (Å²) in [6, 6.07) is 0. The van der Waals surface area contributed by atoms with Gasteiger partial charge in [-0.25, -0.2) is 0 Å². The van der Waals surface area contributed by atoms with Crippen molar-refractivity contribution >= 4 is 0 Å². The Morgan fingerprint density at radius 1 is 0.903 bits per heavy atom. The highest BCUT2D eigenvalue weighted by atomic mass is 16.3. The number of rotatable bonds is 7. The van der Waals surface area contributed by atoms with E-state index in [2.05, 4.69) is 47.6 Å². The monoisotopic (exact) mass is 428 g/mol. The maximum absolute atomic E-state index is 9.96. The summed E-state index contributed by atoms with van der Waals surface area (Å²) < 4.78 is 0. The van der Waals surface area contributed by atoms with E-state index in [1.54, 1.807) is 5.57 Å². The van der Waals surface area contributed by atoms with Crippen molar-refractivity contribution < 1.29 is 5.11 Å². The van der Waals surface area contributed by atoms with Gasteiger partial charge in [-0.05, 0) is 129 Å². The van der Waals surface area contributed by atoms with Gasteiger partial charge in [0.15, 0.2) is 0 Å². The van der Waals surface area contributed by atoms with E-state index in [4.69, 9.17) is 0 Å². The molecule has 4 fully saturated rings. The molecule has 31 heavy (non-hydrogen) atoms. The van der Waals surface area contributed by atoms with Crippen LogP contribution in [0.25, 0.3) is 0 Å². The summed E-state index contributed by atoms with van der Waals surface area (Å²) in [5.41, 5.74) is 2.81. The molecule has 1 heteroatoms. The second kappa shape index (κ2) is 9.15. The second-order valence-corrected chi connectivity index (χ2v) is 13.1. The molecule has 0 heterocycles. The molecule has 1 N–H and O–H groups in total. The Balaban J connectivity index is 1.45. The molecule has 178 valence electrons. The first kappa shape index (κ1) is 23.8. The average molecular weight is 429 g/mol. The van der Waals surface area contributed by atoms with Crippen LogP contribution in [0.1, 0.15) is 112 Å². The van der Waals surface area contributed by atoms with Gasteiger partial charge in [0, 0.05) is 6.61 Å². The number of aliphatic hydroxyl groups is 1. The molecule has 4 saturated carbocycles. The summed E-state index contributed by atoms with van der Waals surface area (Å²) in [4.78, 5) is 0. The summed E-state index contributed by atoms with van der Waals surface area (Å²) in [6.45, 7) is 15.4. The highest BCUT2D eigenvalue weighted by molar-refractivity contribution is 5.11. The van der Waals surface area contributed by atoms with Crippen LogP contribution in [0.4, 0.5) is 0 Å². The molecular formula is C30H52O. The number of hydrogen-bond acceptors (Lipinski definition) is 1. The summed E-state index contributed by atoms with van der Waals surface area (Å²) in [7, 11) is 0. The van der Waals surface area contributed by atoms with E-state index in [0.29, 0.717) is 29.3 Å². The van der Waals surface area contributed by atoms with Gasteiger partial charge in [-0.2, -0.15) is 0 Å². The zero-order valence-corrected chi connectivity index (χ0v) is 21.6. The van der Waals surface area contributed by atoms with E-state index < -0.39 is 0 Å². The van der Waals surface area contributed by atoms with Crippen molar-refractivity contribution in [3.63, 3.8) is 0 Å². The van der Waals surface area contributed by atoms with Crippen molar-refractivity contribution in [2.75, 3.05) is 6.61 Å². The quantitative estimate of drug-likeness (QED) is 0.404. The molecule has 0 unspecified atom stereocenters. The molecule has 0 aromatic rings. The molecule has 0 saturated heterocycles. The number of fused-ring (bicyclic) bond motifs is 5. The van der Waals surface area contributed by atoms with Crippen molar-refractivity contribution in [1.29, 1.82) is 0 Å². The van der Waals surface area contributed by atoms with E-state index in [1.165, 1.54) is 70.6 Å². The van der Waals surface area contributed by atoms with E-state index in [1.807, 2.05) is 0 Å². The minimum absolute atomic E-state index is 0.434. The van der Waals surface area contributed by atoms with Gasteiger partial charge in [-0.15, -0.1) is 0 Å². The van der Waals surface area contributed by atoms with E-state index >= 15 is 0 Å². The summed E-state index contributed by atoms with van der Waals surface area (Å²) in [5, 5.41) is 9.96. The Bertz CT molecular complexity index is 649. The molecule has 4 aliphatic rings. The molecule has 0 aromatic carbocycles. The maximum Gasteiger partial charge on any atom is 0.0462 e. The smallest absolute Gasteiger partial charge is 0.0462 e. The molecule has 0 radical (unpaired) electrons. The molecule has 0 bridgehead atoms. The SMILES string of the molecule is CC/C=C(\CC[C@@H](C)[C@H]1CC[C@H]2[C@@H]3CC[C@H]4[C@@H](CO)CC[C@]4(C)[C@H]3CC[C@]12C)C(C)C. The molecule has 0 spiro atoms. The molecule has 0 aliphatic heterocycles. The fraction of sp³-hybridized carbons (Fsp3) is 0.933. The fourth-order valence-corrected chi connectivity index (χ4v) is 10.0. The van der Waals surface area contributed by atoms with Gasteiger partial charge in [0.1, 0.15) is 0 Å². The molecule has 0 aromatic heterocycles. The zero-order chi connectivity index (χ0) is 22.4. The predicted molar refractivity (Wildman–Crippen MR) is 133 cm³/mol. The lowest BCUT2D eigenvalue weighted by Crippen LogP contribution is -2.51. The van der Waals surface area contributed by atoms with Crippen LogP contribution in [0.3, 0.4) is 0 Å². The van der Waals surface area contributed by atoms with E-state index in [-0.39, 0.29) is 0 Å². The van der Waals surface area contributed by atoms with Gasteiger partial charge in [0.25, 0.3) is 0 Å². The van der Waals surface area contributed by atoms with Crippen molar-refractivity contribution in [1.82, 2.24) is 0 Å². The lowest BCUT2D eigenvalue weighted by Gasteiger charge is -2.58. The number of hydrogen-bond donors (Lipinski definition) is 1. The molecule has 1 nitrogen and oxygen atoms in total. The lowest BCUT2D eigenvalue weighted by atomic mass is 9.46. The molecule has 4 aliphatic carbocycles. The Morgan fingerprint density at radius 3 is 2.26 bits per heavy atom. The maximum atomic E-state index is 9.96. The number of aliphatic hydroxyl groups excluding tert-OH is 1. The van der Waals surface area contributed by atoms with Gasteiger partial charge in [0.05, 0.1) is 0 Å². The van der Waals surface area contributed by atoms with Crippen LogP contribution in [0.15, 0.2) is 11.6 Å². The van der Waals surface area contributed by atoms with Gasteiger partial charge >= 0.3 is 0 Å². The van der Waals surface area contributed by atoms with Crippen molar-refractivity contribution in [2.45, 2.75) is 112 Å². The topological polar surface area (TPSA) is 20.2 Å². The summed E-state index contributed by atoms with van der Waals surface area (Å²) >= 11 is 0. The first-order chi connectivity index (χ1) is 14.8. The first-order valence-corrected chi connectivity index (χ1v) is 14.1. The van der Waals surface area contributed by atoms with Crippen LogP contribution in [0.2, 0.25) is 0 Å². The normalized spacial score (nSPS) is 46.0. The molecular weight excluding hydrogens is 376 g/mol. The third kappa shape index (κ3) is 3.98. The van der Waals surface area contributed by atoms with Crippen LogP contribution < -0.4 is 0 Å². The number of allylic oxidation sites excluding steroid dienone is 2. The summed E-state index contributed by atoms with van der Waals surface area (Å²) in [5.74, 6) is 6.80. The standard InChI is InChI=1S/C30H52O/c1-7-8-22(20(2)3)10-9-21(4)25-13-14-27-24-11-12-26-23(19-31)15-17-30(26,6)28(24)16-18-29(25,27)5/h8,20-21,23-28,31H,7,9-19H2,1-6H3/b22-8+/t21-,23-,24+,25-,26+,27+,28+,29-,30+/m1/s1. The largest absolute Gasteiger partial charge is 0.396 e. The second-order valence-electron chi connectivity index (χ2n) is 13.1. The van der Waals surface area contributed by atoms with Crippen molar-refractivity contribution in [3.8, 4) is 0 Å². The van der Waals surface area contributed by atoms with Crippen LogP contribution in [-0.4, -0.2) is 11.7 Å². The Kier molecular flexibility index (Phi) is 7.04. The fourth-order valence-electron chi connectivity index (χ4n) is 10.0. The van der Waals surface area contributed by atoms with Crippen molar-refractivity contribution in [2.24, 2.45) is 58.2 Å². The Hall–Kier alpha value is -0.300. The van der Waals surface area contributed by atoms with Crippen LogP contribution >= 0.6 is 0 Å². The Labute approximate surface area is 193 Å². The van der Waals surface area contributed by atoms with Gasteiger partial charge in [0.2, 0.25) is 0 Å². The molecule has 4 rings (SSSR count). The van der Waals surface area contributed by atoms with Crippen molar-refractivity contribution in [3.05, 3.63) is 11.6 Å². The minimum Gasteiger partial charge on any atom is -0.396 e. The minimum atomic E-state index is 0.434. The van der Waals surface area contributed by atoms with Gasteiger partial charge in [-0.3, -0.25) is 0 Å². The summed E-state index contributed by atoms with van der Waals surface area (Å²) in [6.07, 6.45) is 17.9. The van der Waals surface area contributed by atoms with Crippen LogP contribution in [-0.2, 0) is 0 Å². The zero-order valence-electron chi connectivity index (χ0n) is 21.6. The Morgan fingerprint density at radius 2 is 1.58 bits per heavy atom.